The maximum Gasteiger partial charge on any atom is 0.328 e. The third-order valence-electron chi connectivity index (χ3n) is 5.74. The van der Waals surface area contributed by atoms with Gasteiger partial charge in [0.15, 0.2) is 24.8 Å². The second kappa shape index (κ2) is 9.03. The summed E-state index contributed by atoms with van der Waals surface area (Å²) in [5, 5.41) is 3.20. The number of urea groups is 1. The molecule has 1 saturated carbocycles. The Bertz CT molecular complexity index is 1390. The van der Waals surface area contributed by atoms with Gasteiger partial charge in [-0.25, -0.2) is 26.6 Å². The van der Waals surface area contributed by atoms with Gasteiger partial charge in [0.2, 0.25) is 0 Å². The lowest BCUT2D eigenvalue weighted by molar-refractivity contribution is 0.255. The van der Waals surface area contributed by atoms with Gasteiger partial charge in [0.05, 0.1) is 20.0 Å². The van der Waals surface area contributed by atoms with Crippen molar-refractivity contribution in [3.8, 4) is 0 Å². The molecule has 2 aromatic carbocycles. The third kappa shape index (κ3) is 5.53. The number of nitrogens with one attached hydrogen (secondary N) is 1. The molecule has 33 heavy (non-hydrogen) atoms. The topological polar surface area (TPSA) is 114 Å². The number of benzene rings is 2. The molecule has 1 aliphatic rings. The number of aromatic nitrogens is 1. The van der Waals surface area contributed by atoms with Gasteiger partial charge in [-0.3, -0.25) is 10.2 Å². The Hall–Kier alpha value is -2.50. The van der Waals surface area contributed by atoms with Crippen LogP contribution in [-0.2, 0) is 19.7 Å². The molecule has 1 fully saturated rings. The summed E-state index contributed by atoms with van der Waals surface area (Å²) in [7, 11) is -6.68. The average Bonchev–Trinajstić information content (AvgIpc) is 3.39. The van der Waals surface area contributed by atoms with Gasteiger partial charge in [0.25, 0.3) is 0 Å². The van der Waals surface area contributed by atoms with E-state index in [1.807, 2.05) is 0 Å². The van der Waals surface area contributed by atoms with Crippen molar-refractivity contribution in [2.45, 2.75) is 35.5 Å². The molecule has 4 rings (SSSR count). The minimum Gasteiger partial charge on any atom is -0.294 e. The summed E-state index contributed by atoms with van der Waals surface area (Å²) in [6.07, 6.45) is 6.64. The molecule has 1 N–H and O–H groups in total. The van der Waals surface area contributed by atoms with Crippen LogP contribution in [0.15, 0.2) is 52.3 Å². The van der Waals surface area contributed by atoms with Crippen molar-refractivity contribution < 1.29 is 21.6 Å². The van der Waals surface area contributed by atoms with Crippen molar-refractivity contribution in [1.29, 1.82) is 0 Å². The number of carbonyl (C=O) groups is 1. The van der Waals surface area contributed by atoms with Gasteiger partial charge in [0, 0.05) is 24.7 Å². The molecular formula is C22H25N3O5S3. The number of amides is 2. The molecule has 0 radical (unpaired) electrons. The summed E-state index contributed by atoms with van der Waals surface area (Å²) in [6.45, 7) is 0.521. The number of hydrogen-bond donors (Lipinski definition) is 1. The van der Waals surface area contributed by atoms with E-state index in [2.05, 4.69) is 10.3 Å². The average molecular weight is 508 g/mol. The van der Waals surface area contributed by atoms with Crippen molar-refractivity contribution in [2.75, 3.05) is 29.3 Å². The summed E-state index contributed by atoms with van der Waals surface area (Å²) in [5.74, 6) is 0.373. The summed E-state index contributed by atoms with van der Waals surface area (Å²) < 4.78 is 47.9. The minimum atomic E-state index is -3.34. The first-order valence-electron chi connectivity index (χ1n) is 10.5. The first kappa shape index (κ1) is 23.7. The van der Waals surface area contributed by atoms with Crippen LogP contribution in [0.4, 0.5) is 15.6 Å². The first-order chi connectivity index (χ1) is 15.5. The predicted octanol–water partition coefficient (Wildman–Crippen LogP) is 4.33. The first-order valence-corrected chi connectivity index (χ1v) is 15.1. The van der Waals surface area contributed by atoms with Crippen molar-refractivity contribution >= 4 is 58.1 Å². The molecule has 0 saturated heterocycles. The number of hydrogen-bond acceptors (Lipinski definition) is 7. The SMILES string of the molecule is CS(=O)(=O)c1ccc(N(CC2CCCC2)C(=O)Nc2nc3ccc(S(C)(=O)=O)cc3s2)cc1. The summed E-state index contributed by atoms with van der Waals surface area (Å²) >= 11 is 1.20. The van der Waals surface area contributed by atoms with Crippen LogP contribution >= 0.6 is 11.3 Å². The lowest BCUT2D eigenvalue weighted by atomic mass is 10.1. The predicted molar refractivity (Wildman–Crippen MR) is 131 cm³/mol. The second-order valence-corrected chi connectivity index (χ2v) is 13.4. The van der Waals surface area contributed by atoms with E-state index in [0.29, 0.717) is 33.5 Å². The molecule has 8 nitrogen and oxygen atoms in total. The zero-order valence-corrected chi connectivity index (χ0v) is 20.8. The summed E-state index contributed by atoms with van der Waals surface area (Å²) in [4.78, 5) is 19.7. The summed E-state index contributed by atoms with van der Waals surface area (Å²) in [5.41, 5.74) is 1.20. The van der Waals surface area contributed by atoms with Crippen molar-refractivity contribution in [1.82, 2.24) is 4.98 Å². The van der Waals surface area contributed by atoms with Gasteiger partial charge in [-0.2, -0.15) is 0 Å². The van der Waals surface area contributed by atoms with E-state index in [9.17, 15) is 21.6 Å². The van der Waals surface area contributed by atoms with E-state index in [4.69, 9.17) is 0 Å². The highest BCUT2D eigenvalue weighted by Gasteiger charge is 2.24. The van der Waals surface area contributed by atoms with Gasteiger partial charge in [0.1, 0.15) is 0 Å². The van der Waals surface area contributed by atoms with Crippen LogP contribution in [0.3, 0.4) is 0 Å². The number of anilines is 2. The van der Waals surface area contributed by atoms with Crippen molar-refractivity contribution in [3.05, 3.63) is 42.5 Å². The molecule has 0 bridgehead atoms. The molecule has 1 aliphatic carbocycles. The van der Waals surface area contributed by atoms with E-state index in [1.54, 1.807) is 29.2 Å². The van der Waals surface area contributed by atoms with E-state index in [1.165, 1.54) is 29.5 Å². The minimum absolute atomic E-state index is 0.195. The Morgan fingerprint density at radius 2 is 1.61 bits per heavy atom. The van der Waals surface area contributed by atoms with Gasteiger partial charge in [-0.15, -0.1) is 0 Å². The second-order valence-electron chi connectivity index (χ2n) is 8.38. The molecule has 176 valence electrons. The molecular weight excluding hydrogens is 482 g/mol. The van der Waals surface area contributed by atoms with Crippen LogP contribution in [0.1, 0.15) is 25.7 Å². The van der Waals surface area contributed by atoms with Crippen LogP contribution in [0, 0.1) is 5.92 Å². The van der Waals surface area contributed by atoms with Gasteiger partial charge < -0.3 is 0 Å². The maximum atomic E-state index is 13.3. The van der Waals surface area contributed by atoms with Crippen molar-refractivity contribution in [3.63, 3.8) is 0 Å². The van der Waals surface area contributed by atoms with E-state index >= 15 is 0 Å². The quantitative estimate of drug-likeness (QED) is 0.531. The van der Waals surface area contributed by atoms with Crippen LogP contribution < -0.4 is 10.2 Å². The highest BCUT2D eigenvalue weighted by molar-refractivity contribution is 7.91. The fourth-order valence-electron chi connectivity index (χ4n) is 3.98. The van der Waals surface area contributed by atoms with E-state index in [0.717, 1.165) is 38.2 Å². The van der Waals surface area contributed by atoms with Crippen LogP contribution in [0.2, 0.25) is 0 Å². The highest BCUT2D eigenvalue weighted by Crippen LogP contribution is 2.31. The largest absolute Gasteiger partial charge is 0.328 e. The van der Waals surface area contributed by atoms with Crippen molar-refractivity contribution in [2.24, 2.45) is 5.92 Å². The maximum absolute atomic E-state index is 13.3. The third-order valence-corrected chi connectivity index (χ3v) is 8.91. The molecule has 1 aromatic heterocycles. The molecule has 0 atom stereocenters. The lowest BCUT2D eigenvalue weighted by Gasteiger charge is -2.26. The molecule has 1 heterocycles. The fraction of sp³-hybridized carbons (Fsp3) is 0.364. The smallest absolute Gasteiger partial charge is 0.294 e. The number of nitrogens with zero attached hydrogens (tertiary/aromatic N) is 2. The van der Waals surface area contributed by atoms with Gasteiger partial charge >= 0.3 is 6.03 Å². The molecule has 2 amide bonds. The van der Waals surface area contributed by atoms with Crippen LogP contribution in [0.5, 0.6) is 0 Å². The summed E-state index contributed by atoms with van der Waals surface area (Å²) in [6, 6.07) is 10.6. The standard InChI is InChI=1S/C22H25N3O5S3/c1-32(27,28)17-9-7-16(8-10-17)25(14-15-5-3-4-6-15)22(26)24-21-23-19-12-11-18(33(2,29)30)13-20(19)31-21/h7-13,15H,3-6,14H2,1-2H3,(H,23,24,26). The number of fused-ring (bicyclic) bond motifs is 1. The Labute approximate surface area is 197 Å². The van der Waals surface area contributed by atoms with E-state index in [-0.39, 0.29) is 15.8 Å². The monoisotopic (exact) mass is 507 g/mol. The zero-order chi connectivity index (χ0) is 23.8. The normalized spacial score (nSPS) is 15.1. The molecule has 0 unspecified atom stereocenters. The fourth-order valence-corrected chi connectivity index (χ4v) is 6.23. The molecule has 11 heteroatoms. The number of carbonyl (C=O) groups excluding carboxylic acids is 1. The number of sulfone groups is 2. The Morgan fingerprint density at radius 3 is 2.21 bits per heavy atom. The number of thiazole rings is 1. The molecule has 3 aromatic rings. The van der Waals surface area contributed by atoms with Gasteiger partial charge in [-0.1, -0.05) is 24.2 Å². The van der Waals surface area contributed by atoms with Crippen LogP contribution in [-0.4, -0.2) is 46.9 Å². The van der Waals surface area contributed by atoms with Crippen LogP contribution in [0.25, 0.3) is 10.2 Å². The Balaban J connectivity index is 1.60. The number of rotatable bonds is 6. The lowest BCUT2D eigenvalue weighted by Crippen LogP contribution is -2.38. The Morgan fingerprint density at radius 1 is 1.00 bits per heavy atom. The molecule has 0 aliphatic heterocycles. The van der Waals surface area contributed by atoms with E-state index < -0.39 is 19.7 Å². The Kier molecular flexibility index (Phi) is 6.47. The molecule has 0 spiro atoms. The highest BCUT2D eigenvalue weighted by atomic mass is 32.2. The van der Waals surface area contributed by atoms with Gasteiger partial charge in [-0.05, 0) is 61.2 Å². The zero-order valence-electron chi connectivity index (χ0n) is 18.3.